The largest absolute Gasteiger partial charge is 0.308 e. The second kappa shape index (κ2) is 4.88. The summed E-state index contributed by atoms with van der Waals surface area (Å²) in [7, 11) is 0. The summed E-state index contributed by atoms with van der Waals surface area (Å²) in [5, 5.41) is 0. The molecule has 0 aromatic heterocycles. The third kappa shape index (κ3) is 2.26. The summed E-state index contributed by atoms with van der Waals surface area (Å²) in [6.45, 7) is 2.99. The lowest BCUT2D eigenvalue weighted by Crippen LogP contribution is -2.39. The number of para-hydroxylation sites is 1. The van der Waals surface area contributed by atoms with E-state index in [0.29, 0.717) is 5.92 Å². The normalized spacial score (nSPS) is 17.9. The Kier molecular flexibility index (Phi) is 3.08. The fourth-order valence-corrected chi connectivity index (χ4v) is 2.73. The molecule has 0 bridgehead atoms. The molecule has 19 heavy (non-hydrogen) atoms. The van der Waals surface area contributed by atoms with E-state index in [1.54, 1.807) is 0 Å². The molecule has 1 aliphatic heterocycles. The molecule has 0 radical (unpaired) electrons. The van der Waals surface area contributed by atoms with Gasteiger partial charge in [-0.25, -0.2) is 0 Å². The van der Waals surface area contributed by atoms with Gasteiger partial charge in [-0.2, -0.15) is 0 Å². The number of hydrogen-bond acceptors (Lipinski definition) is 1. The number of amides is 1. The minimum atomic E-state index is 0.0969. The van der Waals surface area contributed by atoms with Crippen molar-refractivity contribution in [2.75, 3.05) is 11.4 Å². The Morgan fingerprint density at radius 3 is 2.53 bits per heavy atom. The molecule has 0 spiro atoms. The zero-order chi connectivity index (χ0) is 13.2. The van der Waals surface area contributed by atoms with Gasteiger partial charge in [-0.05, 0) is 36.1 Å². The van der Waals surface area contributed by atoms with Crippen molar-refractivity contribution in [3.63, 3.8) is 0 Å². The molecule has 2 aromatic carbocycles. The quantitative estimate of drug-likeness (QED) is 0.759. The van der Waals surface area contributed by atoms with Gasteiger partial charge in [0.2, 0.25) is 0 Å². The minimum Gasteiger partial charge on any atom is -0.308 e. The second-order valence-corrected chi connectivity index (χ2v) is 5.22. The number of nitrogens with zero attached hydrogens (tertiary/aromatic N) is 1. The topological polar surface area (TPSA) is 20.3 Å². The van der Waals surface area contributed by atoms with E-state index in [-0.39, 0.29) is 5.91 Å². The first-order valence-electron chi connectivity index (χ1n) is 6.70. The van der Waals surface area contributed by atoms with Crippen LogP contribution in [0.2, 0.25) is 0 Å². The van der Waals surface area contributed by atoms with Crippen molar-refractivity contribution in [2.24, 2.45) is 5.92 Å². The van der Waals surface area contributed by atoms with E-state index in [1.807, 2.05) is 53.4 Å². The second-order valence-electron chi connectivity index (χ2n) is 5.22. The zero-order valence-corrected chi connectivity index (χ0v) is 11.0. The van der Waals surface area contributed by atoms with Gasteiger partial charge in [0.05, 0.1) is 0 Å². The standard InChI is InChI=1S/C17H17NO/c1-13-11-15-9-5-6-10-16(15)18(12-13)17(19)14-7-3-2-4-8-14/h2-10,13H,11-12H2,1H3. The van der Waals surface area contributed by atoms with Crippen LogP contribution in [0.25, 0.3) is 0 Å². The van der Waals surface area contributed by atoms with Crippen molar-refractivity contribution in [3.8, 4) is 0 Å². The van der Waals surface area contributed by atoms with Crippen LogP contribution in [-0.2, 0) is 6.42 Å². The molecule has 1 heterocycles. The summed E-state index contributed by atoms with van der Waals surface area (Å²) in [6, 6.07) is 17.7. The Hall–Kier alpha value is -2.09. The molecule has 1 atom stereocenters. The number of rotatable bonds is 1. The highest BCUT2D eigenvalue weighted by atomic mass is 16.2. The minimum absolute atomic E-state index is 0.0969. The molecule has 0 fully saturated rings. The molecule has 0 N–H and O–H groups in total. The highest BCUT2D eigenvalue weighted by Gasteiger charge is 2.26. The molecule has 1 aliphatic rings. The Morgan fingerprint density at radius 1 is 1.05 bits per heavy atom. The van der Waals surface area contributed by atoms with Gasteiger partial charge in [0.15, 0.2) is 0 Å². The van der Waals surface area contributed by atoms with Crippen molar-refractivity contribution < 1.29 is 4.79 Å². The van der Waals surface area contributed by atoms with Crippen LogP contribution in [0.15, 0.2) is 54.6 Å². The fraction of sp³-hybridized carbons (Fsp3) is 0.235. The van der Waals surface area contributed by atoms with E-state index < -0.39 is 0 Å². The Bertz CT molecular complexity index is 591. The Morgan fingerprint density at radius 2 is 1.74 bits per heavy atom. The molecule has 1 unspecified atom stereocenters. The van der Waals surface area contributed by atoms with E-state index in [9.17, 15) is 4.79 Å². The summed E-state index contributed by atoms with van der Waals surface area (Å²) in [5.74, 6) is 0.599. The molecule has 2 nitrogen and oxygen atoms in total. The van der Waals surface area contributed by atoms with Gasteiger partial charge in [0, 0.05) is 17.8 Å². The van der Waals surface area contributed by atoms with Crippen LogP contribution in [-0.4, -0.2) is 12.5 Å². The molecular formula is C17H17NO. The van der Waals surface area contributed by atoms with E-state index in [1.165, 1.54) is 5.56 Å². The number of carbonyl (C=O) groups excluding carboxylic acids is 1. The Labute approximate surface area is 113 Å². The maximum Gasteiger partial charge on any atom is 0.258 e. The number of anilines is 1. The van der Waals surface area contributed by atoms with E-state index in [0.717, 1.165) is 24.2 Å². The monoisotopic (exact) mass is 251 g/mol. The lowest BCUT2D eigenvalue weighted by Gasteiger charge is -2.33. The van der Waals surface area contributed by atoms with Crippen LogP contribution in [0.4, 0.5) is 5.69 Å². The van der Waals surface area contributed by atoms with Crippen molar-refractivity contribution in [1.29, 1.82) is 0 Å². The Balaban J connectivity index is 1.99. The van der Waals surface area contributed by atoms with Gasteiger partial charge in [-0.3, -0.25) is 4.79 Å². The predicted octanol–water partition coefficient (Wildman–Crippen LogP) is 3.53. The van der Waals surface area contributed by atoms with Crippen molar-refractivity contribution >= 4 is 11.6 Å². The maximum absolute atomic E-state index is 12.6. The smallest absolute Gasteiger partial charge is 0.258 e. The summed E-state index contributed by atoms with van der Waals surface area (Å²) in [4.78, 5) is 14.5. The molecule has 0 saturated heterocycles. The maximum atomic E-state index is 12.6. The molecule has 1 amide bonds. The third-order valence-corrected chi connectivity index (χ3v) is 3.61. The average Bonchev–Trinajstić information content (AvgIpc) is 2.46. The molecule has 0 saturated carbocycles. The number of hydrogen-bond donors (Lipinski definition) is 0. The molecule has 96 valence electrons. The average molecular weight is 251 g/mol. The molecule has 0 aliphatic carbocycles. The number of benzene rings is 2. The highest BCUT2D eigenvalue weighted by Crippen LogP contribution is 2.30. The van der Waals surface area contributed by atoms with Gasteiger partial charge in [0.25, 0.3) is 5.91 Å². The van der Waals surface area contributed by atoms with Crippen LogP contribution in [0.1, 0.15) is 22.8 Å². The number of fused-ring (bicyclic) bond motifs is 1. The third-order valence-electron chi connectivity index (χ3n) is 3.61. The summed E-state index contributed by atoms with van der Waals surface area (Å²) < 4.78 is 0. The van der Waals surface area contributed by atoms with Crippen molar-refractivity contribution in [2.45, 2.75) is 13.3 Å². The first kappa shape index (κ1) is 12.0. The van der Waals surface area contributed by atoms with Gasteiger partial charge in [-0.1, -0.05) is 43.3 Å². The first-order valence-corrected chi connectivity index (χ1v) is 6.70. The summed E-state index contributed by atoms with van der Waals surface area (Å²) in [5.41, 5.74) is 3.09. The highest BCUT2D eigenvalue weighted by molar-refractivity contribution is 6.06. The predicted molar refractivity (Wildman–Crippen MR) is 77.4 cm³/mol. The zero-order valence-electron chi connectivity index (χ0n) is 11.0. The van der Waals surface area contributed by atoms with E-state index in [4.69, 9.17) is 0 Å². The molecule has 2 heteroatoms. The van der Waals surface area contributed by atoms with Crippen LogP contribution in [0.3, 0.4) is 0 Å². The van der Waals surface area contributed by atoms with Crippen LogP contribution in [0.5, 0.6) is 0 Å². The van der Waals surface area contributed by atoms with Gasteiger partial charge >= 0.3 is 0 Å². The van der Waals surface area contributed by atoms with Gasteiger partial charge in [0.1, 0.15) is 0 Å². The molecule has 3 rings (SSSR count). The molecule has 2 aromatic rings. The fourth-order valence-electron chi connectivity index (χ4n) is 2.73. The van der Waals surface area contributed by atoms with Crippen LogP contribution < -0.4 is 4.90 Å². The lowest BCUT2D eigenvalue weighted by molar-refractivity contribution is 0.0981. The van der Waals surface area contributed by atoms with Gasteiger partial charge < -0.3 is 4.90 Å². The summed E-state index contributed by atoms with van der Waals surface area (Å²) >= 11 is 0. The van der Waals surface area contributed by atoms with Crippen LogP contribution in [0, 0.1) is 5.92 Å². The van der Waals surface area contributed by atoms with Gasteiger partial charge in [-0.15, -0.1) is 0 Å². The first-order chi connectivity index (χ1) is 9.25. The van der Waals surface area contributed by atoms with Crippen LogP contribution >= 0.6 is 0 Å². The SMILES string of the molecule is CC1Cc2ccccc2N(C(=O)c2ccccc2)C1. The van der Waals surface area contributed by atoms with Crippen molar-refractivity contribution in [3.05, 3.63) is 65.7 Å². The van der Waals surface area contributed by atoms with E-state index >= 15 is 0 Å². The molecular weight excluding hydrogens is 234 g/mol. The lowest BCUT2D eigenvalue weighted by atomic mass is 9.93. The van der Waals surface area contributed by atoms with Crippen molar-refractivity contribution in [1.82, 2.24) is 0 Å². The summed E-state index contributed by atoms with van der Waals surface area (Å²) in [6.07, 6.45) is 1.05. The number of carbonyl (C=O) groups is 1. The van der Waals surface area contributed by atoms with E-state index in [2.05, 4.69) is 13.0 Å².